The highest BCUT2D eigenvalue weighted by atomic mass is 35.5. The van der Waals surface area contributed by atoms with Crippen LogP contribution in [0.3, 0.4) is 0 Å². The van der Waals surface area contributed by atoms with Gasteiger partial charge in [0.2, 0.25) is 12.7 Å². The van der Waals surface area contributed by atoms with Crippen molar-refractivity contribution in [3.8, 4) is 17.2 Å². The van der Waals surface area contributed by atoms with Crippen LogP contribution in [0.15, 0.2) is 36.4 Å². The Bertz CT molecular complexity index is 733. The summed E-state index contributed by atoms with van der Waals surface area (Å²) in [4.78, 5) is 12.1. The summed E-state index contributed by atoms with van der Waals surface area (Å²) in [6.45, 7) is 0.657. The fraction of sp³-hybridized carbons (Fsp3) is 0.235. The number of hydrogen-bond donors (Lipinski definition) is 1. The molecule has 3 rings (SSSR count). The van der Waals surface area contributed by atoms with Crippen LogP contribution in [0, 0.1) is 0 Å². The summed E-state index contributed by atoms with van der Waals surface area (Å²) in [5.74, 6) is 1.99. The third-order valence-corrected chi connectivity index (χ3v) is 3.89. The molecule has 0 saturated carbocycles. The van der Waals surface area contributed by atoms with Gasteiger partial charge >= 0.3 is 0 Å². The van der Waals surface area contributed by atoms with Gasteiger partial charge in [-0.1, -0.05) is 23.7 Å². The maximum Gasteiger partial charge on any atom is 0.231 e. The molecule has 0 saturated heterocycles. The lowest BCUT2D eigenvalue weighted by Gasteiger charge is -2.08. The first-order chi connectivity index (χ1) is 11.2. The van der Waals surface area contributed by atoms with E-state index in [0.29, 0.717) is 23.1 Å². The number of nitrogens with one attached hydrogen (secondary N) is 1. The summed E-state index contributed by atoms with van der Waals surface area (Å²) in [6.07, 6.45) is 0.216. The largest absolute Gasteiger partial charge is 0.497 e. The van der Waals surface area contributed by atoms with Crippen molar-refractivity contribution in [2.24, 2.45) is 0 Å². The van der Waals surface area contributed by atoms with Gasteiger partial charge in [0.25, 0.3) is 0 Å². The van der Waals surface area contributed by atoms with Gasteiger partial charge in [0.1, 0.15) is 5.75 Å². The molecule has 0 atom stereocenters. The normalized spacial score (nSPS) is 12.1. The predicted molar refractivity (Wildman–Crippen MR) is 86.1 cm³/mol. The van der Waals surface area contributed by atoms with Gasteiger partial charge in [-0.3, -0.25) is 4.79 Å². The van der Waals surface area contributed by atoms with E-state index in [4.69, 9.17) is 25.8 Å². The van der Waals surface area contributed by atoms with Gasteiger partial charge in [0.15, 0.2) is 11.5 Å². The molecule has 0 bridgehead atoms. The molecule has 1 heterocycles. The molecule has 0 radical (unpaired) electrons. The summed E-state index contributed by atoms with van der Waals surface area (Å²) in [7, 11) is 1.57. The second-order valence-electron chi connectivity index (χ2n) is 5.10. The molecule has 1 aliphatic rings. The van der Waals surface area contributed by atoms with Crippen molar-refractivity contribution in [2.45, 2.75) is 13.0 Å². The Balaban J connectivity index is 1.57. The zero-order chi connectivity index (χ0) is 16.2. The highest BCUT2D eigenvalue weighted by molar-refractivity contribution is 6.31. The van der Waals surface area contributed by atoms with Gasteiger partial charge in [0, 0.05) is 11.6 Å². The Morgan fingerprint density at radius 1 is 1.22 bits per heavy atom. The van der Waals surface area contributed by atoms with E-state index in [9.17, 15) is 4.79 Å². The monoisotopic (exact) mass is 333 g/mol. The number of hydrogen-bond acceptors (Lipinski definition) is 4. The van der Waals surface area contributed by atoms with Gasteiger partial charge in [-0.05, 0) is 35.4 Å². The van der Waals surface area contributed by atoms with Gasteiger partial charge in [-0.25, -0.2) is 0 Å². The van der Waals surface area contributed by atoms with E-state index >= 15 is 0 Å². The number of ether oxygens (including phenoxy) is 3. The average Bonchev–Trinajstić information content (AvgIpc) is 3.02. The average molecular weight is 334 g/mol. The lowest BCUT2D eigenvalue weighted by atomic mass is 10.1. The van der Waals surface area contributed by atoms with E-state index in [1.54, 1.807) is 25.3 Å². The van der Waals surface area contributed by atoms with Crippen LogP contribution in [0.2, 0.25) is 5.02 Å². The van der Waals surface area contributed by atoms with Crippen molar-refractivity contribution in [3.63, 3.8) is 0 Å². The van der Waals surface area contributed by atoms with E-state index < -0.39 is 0 Å². The number of methoxy groups -OCH3 is 1. The van der Waals surface area contributed by atoms with Crippen LogP contribution in [0.5, 0.6) is 17.2 Å². The summed E-state index contributed by atoms with van der Waals surface area (Å²) in [6, 6.07) is 10.9. The number of halogens is 1. The maximum atomic E-state index is 12.1. The summed E-state index contributed by atoms with van der Waals surface area (Å²) < 4.78 is 15.7. The highest BCUT2D eigenvalue weighted by Gasteiger charge is 2.14. The molecule has 5 nitrogen and oxygen atoms in total. The zero-order valence-corrected chi connectivity index (χ0v) is 13.4. The van der Waals surface area contributed by atoms with Crippen molar-refractivity contribution in [2.75, 3.05) is 13.9 Å². The number of carbonyl (C=O) groups is 1. The molecule has 6 heteroatoms. The topological polar surface area (TPSA) is 56.8 Å². The molecule has 1 amide bonds. The van der Waals surface area contributed by atoms with Crippen LogP contribution in [-0.4, -0.2) is 19.8 Å². The molecule has 2 aromatic carbocycles. The van der Waals surface area contributed by atoms with Crippen molar-refractivity contribution in [1.82, 2.24) is 5.32 Å². The third kappa shape index (κ3) is 3.68. The molecule has 23 heavy (non-hydrogen) atoms. The van der Waals surface area contributed by atoms with Gasteiger partial charge in [-0.2, -0.15) is 0 Å². The smallest absolute Gasteiger partial charge is 0.231 e. The Morgan fingerprint density at radius 3 is 2.83 bits per heavy atom. The highest BCUT2D eigenvalue weighted by Crippen LogP contribution is 2.32. The number of fused-ring (bicyclic) bond motifs is 1. The minimum atomic E-state index is -0.102. The van der Waals surface area contributed by atoms with E-state index in [1.165, 1.54) is 0 Å². The first-order valence-electron chi connectivity index (χ1n) is 7.13. The first-order valence-corrected chi connectivity index (χ1v) is 7.51. The van der Waals surface area contributed by atoms with E-state index in [1.807, 2.05) is 18.2 Å². The fourth-order valence-electron chi connectivity index (χ4n) is 2.29. The second-order valence-corrected chi connectivity index (χ2v) is 5.51. The Morgan fingerprint density at radius 2 is 2.04 bits per heavy atom. The van der Waals surface area contributed by atoms with E-state index in [2.05, 4.69) is 5.32 Å². The molecule has 0 aromatic heterocycles. The summed E-state index contributed by atoms with van der Waals surface area (Å²) in [5.41, 5.74) is 1.71. The van der Waals surface area contributed by atoms with Crippen LogP contribution in [-0.2, 0) is 17.8 Å². The molecule has 2 aromatic rings. The van der Waals surface area contributed by atoms with E-state index in [-0.39, 0.29) is 19.1 Å². The third-order valence-electron chi connectivity index (χ3n) is 3.54. The SMILES string of the molecule is COc1ccc(CC(=O)NCc2ccc3c(c2)OCO3)c(Cl)c1. The lowest BCUT2D eigenvalue weighted by Crippen LogP contribution is -2.24. The second kappa shape index (κ2) is 6.79. The van der Waals surface area contributed by atoms with Gasteiger partial charge in [-0.15, -0.1) is 0 Å². The summed E-state index contributed by atoms with van der Waals surface area (Å²) in [5, 5.41) is 3.39. The van der Waals surface area contributed by atoms with Crippen LogP contribution in [0.1, 0.15) is 11.1 Å². The molecule has 0 fully saturated rings. The lowest BCUT2D eigenvalue weighted by molar-refractivity contribution is -0.120. The number of rotatable bonds is 5. The molecule has 1 N–H and O–H groups in total. The molecule has 0 spiro atoms. The van der Waals surface area contributed by atoms with E-state index in [0.717, 1.165) is 16.9 Å². The van der Waals surface area contributed by atoms with Crippen molar-refractivity contribution in [1.29, 1.82) is 0 Å². The minimum absolute atomic E-state index is 0.102. The number of carbonyl (C=O) groups excluding carboxylic acids is 1. The van der Waals surface area contributed by atoms with Crippen molar-refractivity contribution < 1.29 is 19.0 Å². The number of benzene rings is 2. The quantitative estimate of drug-likeness (QED) is 0.914. The van der Waals surface area contributed by atoms with Crippen molar-refractivity contribution in [3.05, 3.63) is 52.5 Å². The molecule has 1 aliphatic heterocycles. The minimum Gasteiger partial charge on any atom is -0.497 e. The Labute approximate surface area is 139 Å². The first kappa shape index (κ1) is 15.5. The summed E-state index contributed by atoms with van der Waals surface area (Å²) >= 11 is 6.14. The Hall–Kier alpha value is -2.40. The standard InChI is InChI=1S/C17H16ClNO4/c1-21-13-4-3-12(14(18)8-13)7-17(20)19-9-11-2-5-15-16(6-11)23-10-22-15/h2-6,8H,7,9-10H2,1H3,(H,19,20). The molecule has 0 aliphatic carbocycles. The van der Waals surface area contributed by atoms with Crippen molar-refractivity contribution >= 4 is 17.5 Å². The van der Waals surface area contributed by atoms with Crippen LogP contribution in [0.4, 0.5) is 0 Å². The maximum absolute atomic E-state index is 12.1. The molecule has 0 unspecified atom stereocenters. The Kier molecular flexibility index (Phi) is 4.57. The number of amides is 1. The van der Waals surface area contributed by atoms with Gasteiger partial charge in [0.05, 0.1) is 13.5 Å². The zero-order valence-electron chi connectivity index (χ0n) is 12.6. The van der Waals surface area contributed by atoms with Crippen LogP contribution < -0.4 is 19.5 Å². The predicted octanol–water partition coefficient (Wildman–Crippen LogP) is 2.94. The molecule has 120 valence electrons. The molecular formula is C17H16ClNO4. The van der Waals surface area contributed by atoms with Crippen LogP contribution in [0.25, 0.3) is 0 Å². The van der Waals surface area contributed by atoms with Crippen LogP contribution >= 0.6 is 11.6 Å². The fourth-order valence-corrected chi connectivity index (χ4v) is 2.52. The molecular weight excluding hydrogens is 318 g/mol. The van der Waals surface area contributed by atoms with Gasteiger partial charge < -0.3 is 19.5 Å².